The summed E-state index contributed by atoms with van der Waals surface area (Å²) in [6.07, 6.45) is 3.76. The monoisotopic (exact) mass is 199 g/mol. The first kappa shape index (κ1) is 11.5. The first-order chi connectivity index (χ1) is 6.72. The van der Waals surface area contributed by atoms with Gasteiger partial charge in [0.05, 0.1) is 0 Å². The molecule has 0 saturated carbocycles. The van der Waals surface area contributed by atoms with Crippen LogP contribution in [0.4, 0.5) is 0 Å². The first-order valence-corrected chi connectivity index (χ1v) is 5.63. The van der Waals surface area contributed by atoms with Gasteiger partial charge in [0.2, 0.25) is 5.91 Å². The Morgan fingerprint density at radius 1 is 1.57 bits per heavy atom. The van der Waals surface area contributed by atoms with E-state index in [1.54, 1.807) is 0 Å². The Balaban J connectivity index is 2.53. The third kappa shape index (κ3) is 2.47. The van der Waals surface area contributed by atoms with Crippen LogP contribution in [-0.4, -0.2) is 35.1 Å². The number of carbonyl (C=O) groups is 1. The van der Waals surface area contributed by atoms with E-state index in [9.17, 15) is 4.79 Å². The zero-order valence-corrected chi connectivity index (χ0v) is 9.20. The van der Waals surface area contributed by atoms with Crippen molar-refractivity contribution in [2.75, 3.05) is 13.2 Å². The highest BCUT2D eigenvalue weighted by Gasteiger charge is 2.32. The van der Waals surface area contributed by atoms with E-state index in [-0.39, 0.29) is 18.4 Å². The smallest absolute Gasteiger partial charge is 0.223 e. The van der Waals surface area contributed by atoms with Crippen molar-refractivity contribution in [2.24, 2.45) is 5.92 Å². The van der Waals surface area contributed by atoms with Gasteiger partial charge in [0, 0.05) is 31.5 Å². The highest BCUT2D eigenvalue weighted by molar-refractivity contribution is 5.79. The number of hydrogen-bond donors (Lipinski definition) is 1. The van der Waals surface area contributed by atoms with Crippen molar-refractivity contribution in [1.82, 2.24) is 4.90 Å². The lowest BCUT2D eigenvalue weighted by Gasteiger charge is -2.26. The molecule has 1 aliphatic rings. The maximum atomic E-state index is 11.6. The van der Waals surface area contributed by atoms with Crippen LogP contribution in [0.1, 0.15) is 39.5 Å². The molecule has 3 nitrogen and oxygen atoms in total. The molecule has 0 aromatic heterocycles. The predicted molar refractivity (Wildman–Crippen MR) is 55.9 cm³/mol. The van der Waals surface area contributed by atoms with Crippen LogP contribution in [0.3, 0.4) is 0 Å². The van der Waals surface area contributed by atoms with E-state index in [1.807, 2.05) is 4.90 Å². The topological polar surface area (TPSA) is 40.5 Å². The molecule has 2 unspecified atom stereocenters. The van der Waals surface area contributed by atoms with Crippen molar-refractivity contribution in [2.45, 2.75) is 45.6 Å². The molecular weight excluding hydrogens is 178 g/mol. The van der Waals surface area contributed by atoms with Gasteiger partial charge in [0.15, 0.2) is 0 Å². The fourth-order valence-electron chi connectivity index (χ4n) is 2.20. The molecule has 1 heterocycles. The van der Waals surface area contributed by atoms with Crippen LogP contribution < -0.4 is 0 Å². The van der Waals surface area contributed by atoms with E-state index in [2.05, 4.69) is 13.8 Å². The molecule has 0 aromatic rings. The van der Waals surface area contributed by atoms with Gasteiger partial charge >= 0.3 is 0 Å². The van der Waals surface area contributed by atoms with E-state index in [0.717, 1.165) is 25.8 Å². The summed E-state index contributed by atoms with van der Waals surface area (Å²) in [5, 5.41) is 9.01. The number of rotatable bonds is 5. The van der Waals surface area contributed by atoms with Crippen LogP contribution in [0.5, 0.6) is 0 Å². The van der Waals surface area contributed by atoms with Crippen molar-refractivity contribution in [3.8, 4) is 0 Å². The Bertz CT molecular complexity index is 194. The Morgan fingerprint density at radius 2 is 2.29 bits per heavy atom. The van der Waals surface area contributed by atoms with E-state index < -0.39 is 0 Å². The number of likely N-dealkylation sites (tertiary alicyclic amines) is 1. The van der Waals surface area contributed by atoms with Gasteiger partial charge in [-0.25, -0.2) is 0 Å². The van der Waals surface area contributed by atoms with Gasteiger partial charge in [-0.15, -0.1) is 0 Å². The minimum atomic E-state index is 0.144. The molecule has 1 aliphatic heterocycles. The van der Waals surface area contributed by atoms with Crippen LogP contribution >= 0.6 is 0 Å². The summed E-state index contributed by atoms with van der Waals surface area (Å²) in [7, 11) is 0. The Morgan fingerprint density at radius 3 is 2.71 bits per heavy atom. The summed E-state index contributed by atoms with van der Waals surface area (Å²) in [6, 6.07) is 0.393. The van der Waals surface area contributed by atoms with Crippen molar-refractivity contribution in [3.05, 3.63) is 0 Å². The van der Waals surface area contributed by atoms with Crippen molar-refractivity contribution < 1.29 is 9.90 Å². The fraction of sp³-hybridized carbons (Fsp3) is 0.909. The molecule has 3 heteroatoms. The molecule has 14 heavy (non-hydrogen) atoms. The second kappa shape index (κ2) is 5.35. The molecule has 0 spiro atoms. The van der Waals surface area contributed by atoms with Crippen molar-refractivity contribution in [1.29, 1.82) is 0 Å². The van der Waals surface area contributed by atoms with Crippen LogP contribution in [0.15, 0.2) is 0 Å². The van der Waals surface area contributed by atoms with Crippen LogP contribution in [0.25, 0.3) is 0 Å². The zero-order valence-electron chi connectivity index (χ0n) is 9.20. The van der Waals surface area contributed by atoms with Gasteiger partial charge in [0.25, 0.3) is 0 Å². The molecule has 1 rings (SSSR count). The second-order valence-electron chi connectivity index (χ2n) is 4.15. The molecule has 0 radical (unpaired) electrons. The molecule has 0 aliphatic carbocycles. The number of carbonyl (C=O) groups excluding carboxylic acids is 1. The third-order valence-corrected chi connectivity index (χ3v) is 3.03. The average molecular weight is 199 g/mol. The van der Waals surface area contributed by atoms with Gasteiger partial charge in [-0.2, -0.15) is 0 Å². The summed E-state index contributed by atoms with van der Waals surface area (Å²) < 4.78 is 0. The SMILES string of the molecule is CCCC(CC)N1CC(CO)CC1=O. The highest BCUT2D eigenvalue weighted by atomic mass is 16.3. The molecule has 2 atom stereocenters. The average Bonchev–Trinajstić information content (AvgIpc) is 2.56. The molecule has 0 aromatic carbocycles. The van der Waals surface area contributed by atoms with E-state index >= 15 is 0 Å². The standard InChI is InChI=1S/C11H21NO2/c1-3-5-10(4-2)12-7-9(8-13)6-11(12)14/h9-10,13H,3-8H2,1-2H3. The fourth-order valence-corrected chi connectivity index (χ4v) is 2.20. The Kier molecular flexibility index (Phi) is 4.39. The molecule has 1 saturated heterocycles. The summed E-state index contributed by atoms with van der Waals surface area (Å²) in [6.45, 7) is 5.17. The van der Waals surface area contributed by atoms with E-state index in [0.29, 0.717) is 12.5 Å². The summed E-state index contributed by atoms with van der Waals surface area (Å²) in [5.41, 5.74) is 0. The van der Waals surface area contributed by atoms with E-state index in [4.69, 9.17) is 5.11 Å². The number of hydrogen-bond acceptors (Lipinski definition) is 2. The maximum Gasteiger partial charge on any atom is 0.223 e. The van der Waals surface area contributed by atoms with Gasteiger partial charge in [-0.3, -0.25) is 4.79 Å². The summed E-state index contributed by atoms with van der Waals surface area (Å²) in [5.74, 6) is 0.401. The lowest BCUT2D eigenvalue weighted by Crippen LogP contribution is -2.36. The largest absolute Gasteiger partial charge is 0.396 e. The normalized spacial score (nSPS) is 24.4. The van der Waals surface area contributed by atoms with Gasteiger partial charge in [0.1, 0.15) is 0 Å². The quantitative estimate of drug-likeness (QED) is 0.727. The minimum absolute atomic E-state index is 0.144. The van der Waals surface area contributed by atoms with E-state index in [1.165, 1.54) is 0 Å². The second-order valence-corrected chi connectivity index (χ2v) is 4.15. The van der Waals surface area contributed by atoms with Crippen LogP contribution in [-0.2, 0) is 4.79 Å². The molecule has 0 bridgehead atoms. The van der Waals surface area contributed by atoms with Crippen LogP contribution in [0.2, 0.25) is 0 Å². The maximum absolute atomic E-state index is 11.6. The van der Waals surface area contributed by atoms with Crippen LogP contribution in [0, 0.1) is 5.92 Å². The first-order valence-electron chi connectivity index (χ1n) is 5.63. The number of nitrogens with zero attached hydrogens (tertiary/aromatic N) is 1. The zero-order chi connectivity index (χ0) is 10.6. The molecule has 1 fully saturated rings. The van der Waals surface area contributed by atoms with Gasteiger partial charge in [-0.1, -0.05) is 20.3 Å². The number of aliphatic hydroxyl groups is 1. The third-order valence-electron chi connectivity index (χ3n) is 3.03. The molecule has 82 valence electrons. The number of aliphatic hydroxyl groups excluding tert-OH is 1. The summed E-state index contributed by atoms with van der Waals surface area (Å²) in [4.78, 5) is 13.6. The Hall–Kier alpha value is -0.570. The molecular formula is C11H21NO2. The molecule has 1 amide bonds. The summed E-state index contributed by atoms with van der Waals surface area (Å²) >= 11 is 0. The lowest BCUT2D eigenvalue weighted by atomic mass is 10.1. The van der Waals surface area contributed by atoms with Crippen molar-refractivity contribution >= 4 is 5.91 Å². The minimum Gasteiger partial charge on any atom is -0.396 e. The van der Waals surface area contributed by atoms with Gasteiger partial charge < -0.3 is 10.0 Å². The number of amides is 1. The Labute approximate surface area is 86.1 Å². The predicted octanol–water partition coefficient (Wildman–Crippen LogP) is 1.41. The highest BCUT2D eigenvalue weighted by Crippen LogP contribution is 2.23. The van der Waals surface area contributed by atoms with Gasteiger partial charge in [-0.05, 0) is 12.8 Å². The molecule has 1 N–H and O–H groups in total. The van der Waals surface area contributed by atoms with Crippen molar-refractivity contribution in [3.63, 3.8) is 0 Å². The lowest BCUT2D eigenvalue weighted by molar-refractivity contribution is -0.129.